The van der Waals surface area contributed by atoms with Crippen molar-refractivity contribution in [3.8, 4) is 5.69 Å². The zero-order valence-electron chi connectivity index (χ0n) is 16.9. The van der Waals surface area contributed by atoms with Gasteiger partial charge >= 0.3 is 0 Å². The van der Waals surface area contributed by atoms with Crippen LogP contribution in [0.25, 0.3) is 5.69 Å². The molecule has 2 N–H and O–H groups in total. The monoisotopic (exact) mass is 424 g/mol. The summed E-state index contributed by atoms with van der Waals surface area (Å²) in [6.45, 7) is 1.89. The Hall–Kier alpha value is -3.77. The van der Waals surface area contributed by atoms with Crippen molar-refractivity contribution in [2.75, 3.05) is 5.32 Å². The third-order valence-electron chi connectivity index (χ3n) is 5.13. The van der Waals surface area contributed by atoms with E-state index in [-0.39, 0.29) is 5.91 Å². The largest absolute Gasteiger partial charge is 0.354 e. The number of nitrogens with zero attached hydrogens (tertiary/aromatic N) is 2. The van der Waals surface area contributed by atoms with Crippen molar-refractivity contribution < 1.29 is 4.79 Å². The van der Waals surface area contributed by atoms with Crippen LogP contribution in [0.5, 0.6) is 0 Å². The molecule has 0 atom stereocenters. The molecule has 0 fully saturated rings. The molecule has 152 valence electrons. The summed E-state index contributed by atoms with van der Waals surface area (Å²) in [6.07, 6.45) is 3.83. The van der Waals surface area contributed by atoms with E-state index < -0.39 is 0 Å². The lowest BCUT2D eigenvalue weighted by molar-refractivity contribution is 0.0955. The molecular formula is C25H20N4OS. The molecule has 0 aliphatic carbocycles. The highest BCUT2D eigenvalue weighted by molar-refractivity contribution is 7.99. The van der Waals surface area contributed by atoms with Crippen molar-refractivity contribution in [2.24, 2.45) is 5.10 Å². The average molecular weight is 425 g/mol. The van der Waals surface area contributed by atoms with Crippen LogP contribution in [0, 0.1) is 0 Å². The Morgan fingerprint density at radius 3 is 2.52 bits per heavy atom. The molecule has 0 spiro atoms. The van der Waals surface area contributed by atoms with E-state index in [1.807, 2.05) is 72.4 Å². The van der Waals surface area contributed by atoms with E-state index in [1.54, 1.807) is 17.8 Å². The molecule has 0 unspecified atom stereocenters. The fourth-order valence-electron chi connectivity index (χ4n) is 3.51. The maximum Gasteiger partial charge on any atom is 0.273 e. The molecule has 1 amide bonds. The van der Waals surface area contributed by atoms with Gasteiger partial charge < -0.3 is 9.88 Å². The SMILES string of the molecule is CC(=NNC(=O)c1ccccc1-n1cccc1)c1ccc2c(c1)Nc1ccccc1S2. The van der Waals surface area contributed by atoms with Crippen molar-refractivity contribution in [1.29, 1.82) is 0 Å². The predicted octanol–water partition coefficient (Wildman–Crippen LogP) is 5.84. The molecule has 1 aromatic heterocycles. The van der Waals surface area contributed by atoms with Crippen LogP contribution in [-0.4, -0.2) is 16.2 Å². The second kappa shape index (κ2) is 8.16. The number of hydrazone groups is 1. The van der Waals surface area contributed by atoms with Crippen molar-refractivity contribution in [3.05, 3.63) is 102 Å². The molecule has 6 heteroatoms. The van der Waals surface area contributed by atoms with Crippen LogP contribution in [0.2, 0.25) is 0 Å². The van der Waals surface area contributed by atoms with Gasteiger partial charge in [-0.3, -0.25) is 4.79 Å². The Kier molecular flexibility index (Phi) is 5.06. The molecule has 0 radical (unpaired) electrons. The van der Waals surface area contributed by atoms with Crippen molar-refractivity contribution in [3.63, 3.8) is 0 Å². The van der Waals surface area contributed by atoms with Crippen molar-refractivity contribution in [1.82, 2.24) is 9.99 Å². The van der Waals surface area contributed by atoms with E-state index in [2.05, 4.69) is 40.1 Å². The molecule has 31 heavy (non-hydrogen) atoms. The number of hydrogen-bond acceptors (Lipinski definition) is 4. The van der Waals surface area contributed by atoms with Gasteiger partial charge in [0.1, 0.15) is 0 Å². The van der Waals surface area contributed by atoms with Crippen LogP contribution in [0.1, 0.15) is 22.8 Å². The molecule has 0 saturated heterocycles. The Bertz CT molecular complexity index is 1290. The maximum atomic E-state index is 12.8. The molecule has 2 heterocycles. The molecule has 4 aromatic rings. The fraction of sp³-hybridized carbons (Fsp3) is 0.0400. The summed E-state index contributed by atoms with van der Waals surface area (Å²) in [5.41, 5.74) is 7.91. The summed E-state index contributed by atoms with van der Waals surface area (Å²) in [4.78, 5) is 15.2. The maximum absolute atomic E-state index is 12.8. The molecular weight excluding hydrogens is 404 g/mol. The van der Waals surface area contributed by atoms with Crippen molar-refractivity contribution >= 4 is 34.8 Å². The quantitative estimate of drug-likeness (QED) is 0.281. The number of hydrogen-bond donors (Lipinski definition) is 2. The van der Waals surface area contributed by atoms with Gasteiger partial charge in [-0.15, -0.1) is 0 Å². The number of fused-ring (bicyclic) bond motifs is 2. The van der Waals surface area contributed by atoms with E-state index >= 15 is 0 Å². The van der Waals surface area contributed by atoms with E-state index in [9.17, 15) is 4.79 Å². The number of anilines is 2. The predicted molar refractivity (Wildman–Crippen MR) is 126 cm³/mol. The molecule has 5 rings (SSSR count). The zero-order chi connectivity index (χ0) is 21.2. The van der Waals surface area contributed by atoms with Gasteiger partial charge in [-0.25, -0.2) is 5.43 Å². The van der Waals surface area contributed by atoms with E-state index in [1.165, 1.54) is 9.79 Å². The molecule has 1 aliphatic heterocycles. The van der Waals surface area contributed by atoms with Gasteiger partial charge in [-0.2, -0.15) is 5.10 Å². The topological polar surface area (TPSA) is 58.4 Å². The number of carbonyl (C=O) groups excluding carboxylic acids is 1. The summed E-state index contributed by atoms with van der Waals surface area (Å²) in [5.74, 6) is -0.246. The van der Waals surface area contributed by atoms with Crippen LogP contribution in [0.4, 0.5) is 11.4 Å². The first-order chi connectivity index (χ1) is 15.2. The average Bonchev–Trinajstić information content (AvgIpc) is 3.35. The lowest BCUT2D eigenvalue weighted by atomic mass is 10.1. The van der Waals surface area contributed by atoms with E-state index in [0.717, 1.165) is 28.3 Å². The second-order valence-corrected chi connectivity index (χ2v) is 8.26. The van der Waals surface area contributed by atoms with Gasteiger partial charge in [0.15, 0.2) is 0 Å². The number of carbonyl (C=O) groups is 1. The highest BCUT2D eigenvalue weighted by Crippen LogP contribution is 2.44. The number of para-hydroxylation sites is 2. The Morgan fingerprint density at radius 1 is 0.903 bits per heavy atom. The van der Waals surface area contributed by atoms with Gasteiger partial charge in [-0.05, 0) is 61.0 Å². The Balaban J connectivity index is 1.36. The summed E-state index contributed by atoms with van der Waals surface area (Å²) in [6, 6.07) is 25.8. The number of amides is 1. The Morgan fingerprint density at radius 2 is 1.65 bits per heavy atom. The molecule has 5 nitrogen and oxygen atoms in total. The van der Waals surface area contributed by atoms with Gasteiger partial charge in [0, 0.05) is 22.2 Å². The van der Waals surface area contributed by atoms with Gasteiger partial charge in [0.05, 0.1) is 28.3 Å². The van der Waals surface area contributed by atoms with Crippen LogP contribution < -0.4 is 10.7 Å². The summed E-state index contributed by atoms with van der Waals surface area (Å²) < 4.78 is 1.91. The lowest BCUT2D eigenvalue weighted by Crippen LogP contribution is -2.21. The Labute approximate surface area is 184 Å². The lowest BCUT2D eigenvalue weighted by Gasteiger charge is -2.21. The number of nitrogens with one attached hydrogen (secondary N) is 2. The first-order valence-corrected chi connectivity index (χ1v) is 10.8. The summed E-state index contributed by atoms with van der Waals surface area (Å²) >= 11 is 1.74. The second-order valence-electron chi connectivity index (χ2n) is 7.18. The molecule has 0 bridgehead atoms. The van der Waals surface area contributed by atoms with Crippen LogP contribution in [0.3, 0.4) is 0 Å². The van der Waals surface area contributed by atoms with Gasteiger partial charge in [0.2, 0.25) is 0 Å². The normalized spacial score (nSPS) is 12.5. The third-order valence-corrected chi connectivity index (χ3v) is 6.28. The number of aromatic nitrogens is 1. The smallest absolute Gasteiger partial charge is 0.273 e. The third kappa shape index (κ3) is 3.85. The molecule has 3 aromatic carbocycles. The minimum Gasteiger partial charge on any atom is -0.354 e. The van der Waals surface area contributed by atoms with Gasteiger partial charge in [0.25, 0.3) is 5.91 Å². The number of rotatable bonds is 4. The fourth-order valence-corrected chi connectivity index (χ4v) is 4.48. The van der Waals surface area contributed by atoms with Crippen LogP contribution in [-0.2, 0) is 0 Å². The molecule has 1 aliphatic rings. The van der Waals surface area contributed by atoms with E-state index in [0.29, 0.717) is 5.56 Å². The minimum absolute atomic E-state index is 0.246. The summed E-state index contributed by atoms with van der Waals surface area (Å²) in [5, 5.41) is 7.84. The van der Waals surface area contributed by atoms with Crippen LogP contribution >= 0.6 is 11.8 Å². The number of benzene rings is 3. The first-order valence-electron chi connectivity index (χ1n) is 9.94. The standard InChI is InChI=1S/C25H20N4OS/c1-17(18-12-13-24-21(16-18)26-20-9-3-5-11-23(20)31-24)27-28-25(30)19-8-2-4-10-22(19)29-14-6-7-15-29/h2-16,26H,1H3,(H,28,30). The highest BCUT2D eigenvalue weighted by Gasteiger charge is 2.16. The summed E-state index contributed by atoms with van der Waals surface area (Å²) in [7, 11) is 0. The van der Waals surface area contributed by atoms with Crippen molar-refractivity contribution in [2.45, 2.75) is 16.7 Å². The van der Waals surface area contributed by atoms with Gasteiger partial charge in [-0.1, -0.05) is 42.1 Å². The highest BCUT2D eigenvalue weighted by atomic mass is 32.2. The zero-order valence-corrected chi connectivity index (χ0v) is 17.7. The van der Waals surface area contributed by atoms with E-state index in [4.69, 9.17) is 0 Å². The molecule has 0 saturated carbocycles. The van der Waals surface area contributed by atoms with Crippen LogP contribution in [0.15, 0.2) is 106 Å². The minimum atomic E-state index is -0.246. The first kappa shape index (κ1) is 19.2.